The van der Waals surface area contributed by atoms with Crippen LogP contribution in [0.25, 0.3) is 0 Å². The molecule has 1 aliphatic heterocycles. The molecule has 3 rings (SSSR count). The van der Waals surface area contributed by atoms with Crippen molar-refractivity contribution in [2.45, 2.75) is 10.1 Å². The summed E-state index contributed by atoms with van der Waals surface area (Å²) in [5, 5.41) is 10.8. The molecular weight excluding hydrogens is 392 g/mol. The first-order valence-electron chi connectivity index (χ1n) is 8.13. The Hall–Kier alpha value is -2.15. The Kier molecular flexibility index (Phi) is 5.99. The van der Waals surface area contributed by atoms with E-state index in [0.29, 0.717) is 37.1 Å². The van der Waals surface area contributed by atoms with Crippen molar-refractivity contribution < 1.29 is 17.9 Å². The molecule has 1 aromatic heterocycles. The normalized spacial score (nSPS) is 15.6. The number of sulfonamides is 1. The van der Waals surface area contributed by atoms with Crippen LogP contribution >= 0.6 is 11.8 Å². The summed E-state index contributed by atoms with van der Waals surface area (Å²) in [5.74, 6) is 0.153. The number of carbonyl (C=O) groups is 1. The minimum atomic E-state index is -3.55. The van der Waals surface area contributed by atoms with E-state index in [4.69, 9.17) is 10.5 Å². The zero-order valence-electron chi connectivity index (χ0n) is 14.7. The van der Waals surface area contributed by atoms with Crippen molar-refractivity contribution >= 4 is 39.3 Å². The van der Waals surface area contributed by atoms with Crippen molar-refractivity contribution in [1.82, 2.24) is 19.1 Å². The smallest absolute Gasteiger partial charge is 0.243 e. The fraction of sp³-hybridized carbons (Fsp3) is 0.400. The van der Waals surface area contributed by atoms with E-state index in [1.807, 2.05) is 0 Å². The number of hydrogen-bond acceptors (Lipinski definition) is 8. The van der Waals surface area contributed by atoms with E-state index < -0.39 is 10.0 Å². The number of anilines is 2. The fourth-order valence-corrected chi connectivity index (χ4v) is 4.55. The Morgan fingerprint density at radius 1 is 1.26 bits per heavy atom. The van der Waals surface area contributed by atoms with Gasteiger partial charge in [0, 0.05) is 25.8 Å². The predicted octanol–water partition coefficient (Wildman–Crippen LogP) is 0.149. The SMILES string of the molecule is Cn1c(N)nnc1SCC(=O)Nc1ccc(S(=O)(=O)N2CCOCC2)cc1. The molecule has 10 nitrogen and oxygen atoms in total. The molecule has 2 aromatic rings. The van der Waals surface area contributed by atoms with Crippen LogP contribution in [0.4, 0.5) is 11.6 Å². The van der Waals surface area contributed by atoms with Crippen LogP contribution in [0.1, 0.15) is 0 Å². The van der Waals surface area contributed by atoms with Gasteiger partial charge in [-0.05, 0) is 24.3 Å². The molecule has 0 radical (unpaired) electrons. The van der Waals surface area contributed by atoms with Crippen LogP contribution in [0.2, 0.25) is 0 Å². The molecule has 1 aromatic carbocycles. The number of ether oxygens (including phenoxy) is 1. The number of nitrogens with one attached hydrogen (secondary N) is 1. The zero-order chi connectivity index (χ0) is 19.4. The summed E-state index contributed by atoms with van der Waals surface area (Å²) < 4.78 is 33.3. The van der Waals surface area contributed by atoms with E-state index in [-0.39, 0.29) is 22.5 Å². The molecule has 0 saturated carbocycles. The molecule has 0 spiro atoms. The van der Waals surface area contributed by atoms with Gasteiger partial charge in [-0.3, -0.25) is 9.36 Å². The number of rotatable bonds is 6. The summed E-state index contributed by atoms with van der Waals surface area (Å²) in [5.41, 5.74) is 6.10. The molecule has 0 unspecified atom stereocenters. The lowest BCUT2D eigenvalue weighted by Gasteiger charge is -2.26. The molecule has 1 saturated heterocycles. The average molecular weight is 412 g/mol. The second-order valence-electron chi connectivity index (χ2n) is 5.78. The van der Waals surface area contributed by atoms with Crippen LogP contribution in [-0.2, 0) is 26.6 Å². The van der Waals surface area contributed by atoms with Gasteiger partial charge < -0.3 is 15.8 Å². The standard InChI is InChI=1S/C15H20N6O4S2/c1-20-14(16)18-19-15(20)26-10-13(22)17-11-2-4-12(5-3-11)27(23,24)21-6-8-25-9-7-21/h2-5H,6-10H2,1H3,(H2,16,18)(H,17,22). The number of thioether (sulfide) groups is 1. The van der Waals surface area contributed by atoms with Gasteiger partial charge in [0.25, 0.3) is 0 Å². The largest absolute Gasteiger partial charge is 0.379 e. The molecule has 12 heteroatoms. The number of amides is 1. The molecule has 1 fully saturated rings. The Labute approximate surface area is 161 Å². The van der Waals surface area contributed by atoms with E-state index in [1.54, 1.807) is 23.7 Å². The molecule has 0 aliphatic carbocycles. The summed E-state index contributed by atoms with van der Waals surface area (Å²) in [6, 6.07) is 6.10. The van der Waals surface area contributed by atoms with Crippen molar-refractivity contribution in [2.75, 3.05) is 43.1 Å². The summed E-state index contributed by atoms with van der Waals surface area (Å²) in [6.45, 7) is 1.46. The van der Waals surface area contributed by atoms with Crippen molar-refractivity contribution in [3.8, 4) is 0 Å². The van der Waals surface area contributed by atoms with Crippen LogP contribution in [0.3, 0.4) is 0 Å². The number of nitrogens with zero attached hydrogens (tertiary/aromatic N) is 4. The van der Waals surface area contributed by atoms with E-state index in [2.05, 4.69) is 15.5 Å². The second kappa shape index (κ2) is 8.25. The van der Waals surface area contributed by atoms with Gasteiger partial charge in [-0.15, -0.1) is 10.2 Å². The average Bonchev–Trinajstić information content (AvgIpc) is 2.99. The lowest BCUT2D eigenvalue weighted by atomic mass is 10.3. The first-order valence-corrected chi connectivity index (χ1v) is 10.6. The lowest BCUT2D eigenvalue weighted by Crippen LogP contribution is -2.40. The zero-order valence-corrected chi connectivity index (χ0v) is 16.3. The van der Waals surface area contributed by atoms with Gasteiger partial charge in [-0.1, -0.05) is 11.8 Å². The number of hydrogen-bond donors (Lipinski definition) is 2. The van der Waals surface area contributed by atoms with Crippen molar-refractivity contribution in [3.63, 3.8) is 0 Å². The number of aromatic nitrogens is 3. The first kappa shape index (κ1) is 19.6. The topological polar surface area (TPSA) is 132 Å². The number of nitrogen functional groups attached to an aromatic ring is 1. The minimum Gasteiger partial charge on any atom is -0.379 e. The highest BCUT2D eigenvalue weighted by molar-refractivity contribution is 7.99. The summed E-state index contributed by atoms with van der Waals surface area (Å²) >= 11 is 1.20. The van der Waals surface area contributed by atoms with Gasteiger partial charge in [0.1, 0.15) is 0 Å². The summed E-state index contributed by atoms with van der Waals surface area (Å²) in [6.07, 6.45) is 0. The van der Waals surface area contributed by atoms with E-state index in [0.717, 1.165) is 0 Å². The Bertz CT molecular complexity index is 907. The molecule has 146 valence electrons. The molecule has 2 heterocycles. The first-order chi connectivity index (χ1) is 12.9. The lowest BCUT2D eigenvalue weighted by molar-refractivity contribution is -0.113. The van der Waals surface area contributed by atoms with Crippen LogP contribution in [0.5, 0.6) is 0 Å². The number of nitrogens with two attached hydrogens (primary N) is 1. The maximum atomic E-state index is 12.6. The Morgan fingerprint density at radius 2 is 1.93 bits per heavy atom. The van der Waals surface area contributed by atoms with Crippen LogP contribution < -0.4 is 11.1 Å². The van der Waals surface area contributed by atoms with Gasteiger partial charge in [-0.25, -0.2) is 8.42 Å². The fourth-order valence-electron chi connectivity index (χ4n) is 2.43. The molecule has 1 amide bonds. The van der Waals surface area contributed by atoms with Gasteiger partial charge >= 0.3 is 0 Å². The Morgan fingerprint density at radius 3 is 2.52 bits per heavy atom. The maximum Gasteiger partial charge on any atom is 0.243 e. The Balaban J connectivity index is 1.58. The summed E-state index contributed by atoms with van der Waals surface area (Å²) in [7, 11) is -1.84. The number of morpholine rings is 1. The third-order valence-electron chi connectivity index (χ3n) is 3.95. The maximum absolute atomic E-state index is 12.6. The molecule has 1 aliphatic rings. The minimum absolute atomic E-state index is 0.125. The quantitative estimate of drug-likeness (QED) is 0.641. The van der Waals surface area contributed by atoms with Gasteiger partial charge in [-0.2, -0.15) is 4.31 Å². The van der Waals surface area contributed by atoms with Gasteiger partial charge in [0.2, 0.25) is 21.9 Å². The van der Waals surface area contributed by atoms with Gasteiger partial charge in [0.05, 0.1) is 23.9 Å². The third kappa shape index (κ3) is 4.58. The van der Waals surface area contributed by atoms with Crippen molar-refractivity contribution in [3.05, 3.63) is 24.3 Å². The van der Waals surface area contributed by atoms with E-state index >= 15 is 0 Å². The summed E-state index contributed by atoms with van der Waals surface area (Å²) in [4.78, 5) is 12.3. The highest BCUT2D eigenvalue weighted by atomic mass is 32.2. The van der Waals surface area contributed by atoms with Crippen molar-refractivity contribution in [2.24, 2.45) is 7.05 Å². The van der Waals surface area contributed by atoms with E-state index in [9.17, 15) is 13.2 Å². The molecule has 0 bridgehead atoms. The molecule has 27 heavy (non-hydrogen) atoms. The number of carbonyl (C=O) groups excluding carboxylic acids is 1. The van der Waals surface area contributed by atoms with Crippen LogP contribution in [0.15, 0.2) is 34.3 Å². The third-order valence-corrected chi connectivity index (χ3v) is 6.88. The number of benzene rings is 1. The molecule has 0 atom stereocenters. The monoisotopic (exact) mass is 412 g/mol. The predicted molar refractivity (Wildman–Crippen MR) is 101 cm³/mol. The van der Waals surface area contributed by atoms with Crippen LogP contribution in [0, 0.1) is 0 Å². The highest BCUT2D eigenvalue weighted by Crippen LogP contribution is 2.20. The molecular formula is C15H20N6O4S2. The second-order valence-corrected chi connectivity index (χ2v) is 8.66. The highest BCUT2D eigenvalue weighted by Gasteiger charge is 2.26. The van der Waals surface area contributed by atoms with E-state index in [1.165, 1.54) is 28.2 Å². The van der Waals surface area contributed by atoms with Crippen LogP contribution in [-0.4, -0.2) is 65.5 Å². The van der Waals surface area contributed by atoms with Crippen molar-refractivity contribution in [1.29, 1.82) is 0 Å². The molecule has 3 N–H and O–H groups in total. The van der Waals surface area contributed by atoms with Gasteiger partial charge in [0.15, 0.2) is 5.16 Å².